The second kappa shape index (κ2) is 8.59. The molecule has 27 heavy (non-hydrogen) atoms. The minimum absolute atomic E-state index is 0.0506. The molecule has 2 saturated heterocycles. The van der Waals surface area contributed by atoms with Crippen LogP contribution in [-0.2, 0) is 0 Å². The molecule has 2 fully saturated rings. The van der Waals surface area contributed by atoms with E-state index in [1.807, 2.05) is 28.5 Å². The molecule has 1 aromatic heterocycles. The van der Waals surface area contributed by atoms with Crippen LogP contribution in [-0.4, -0.2) is 59.0 Å². The molecule has 0 unspecified atom stereocenters. The van der Waals surface area contributed by atoms with Gasteiger partial charge in [-0.25, -0.2) is 4.98 Å². The molecule has 0 saturated carbocycles. The van der Waals surface area contributed by atoms with E-state index < -0.39 is 0 Å². The van der Waals surface area contributed by atoms with Crippen molar-refractivity contribution in [2.45, 2.75) is 37.8 Å². The first-order valence-corrected chi connectivity index (χ1v) is 10.8. The number of hydrogen-bond acceptors (Lipinski definition) is 5. The average molecular weight is 406 g/mol. The van der Waals surface area contributed by atoms with Crippen LogP contribution in [0.25, 0.3) is 0 Å². The fourth-order valence-electron chi connectivity index (χ4n) is 4.01. The molecule has 2 aromatic rings. The van der Waals surface area contributed by atoms with E-state index in [-0.39, 0.29) is 12.0 Å². The molecule has 3 heterocycles. The number of nitrogens with zero attached hydrogens (tertiary/aromatic N) is 3. The molecule has 0 radical (unpaired) electrons. The highest BCUT2D eigenvalue weighted by Crippen LogP contribution is 2.26. The number of ether oxygens (including phenoxy) is 1. The van der Waals surface area contributed by atoms with E-state index in [1.54, 1.807) is 23.6 Å². The van der Waals surface area contributed by atoms with Crippen molar-refractivity contribution in [3.8, 4) is 5.19 Å². The number of carbonyl (C=O) groups is 1. The quantitative estimate of drug-likeness (QED) is 0.772. The first kappa shape index (κ1) is 18.7. The van der Waals surface area contributed by atoms with Crippen LogP contribution >= 0.6 is 22.9 Å². The highest BCUT2D eigenvalue weighted by atomic mass is 35.5. The fourth-order valence-corrected chi connectivity index (χ4v) is 4.78. The molecule has 5 nitrogen and oxygen atoms in total. The minimum atomic E-state index is 0.0506. The molecule has 2 aliphatic rings. The molecular formula is C20H24ClN3O2S. The van der Waals surface area contributed by atoms with Gasteiger partial charge in [-0.15, -0.1) is 0 Å². The Morgan fingerprint density at radius 2 is 1.85 bits per heavy atom. The Morgan fingerprint density at radius 1 is 1.11 bits per heavy atom. The van der Waals surface area contributed by atoms with Crippen LogP contribution in [0.4, 0.5) is 0 Å². The fraction of sp³-hybridized carbons (Fsp3) is 0.500. The minimum Gasteiger partial charge on any atom is -0.467 e. The first-order chi connectivity index (χ1) is 13.2. The highest BCUT2D eigenvalue weighted by Gasteiger charge is 2.31. The van der Waals surface area contributed by atoms with Gasteiger partial charge in [0.2, 0.25) is 0 Å². The molecule has 144 valence electrons. The normalized spacial score (nSPS) is 20.0. The largest absolute Gasteiger partial charge is 0.467 e. The summed E-state index contributed by atoms with van der Waals surface area (Å²) in [7, 11) is 0. The van der Waals surface area contributed by atoms with Gasteiger partial charge in [0.15, 0.2) is 0 Å². The zero-order valence-corrected chi connectivity index (χ0v) is 16.8. The van der Waals surface area contributed by atoms with Gasteiger partial charge in [0.05, 0.1) is 10.6 Å². The second-order valence-electron chi connectivity index (χ2n) is 7.15. The lowest BCUT2D eigenvalue weighted by atomic mass is 9.98. The van der Waals surface area contributed by atoms with Crippen LogP contribution < -0.4 is 4.74 Å². The van der Waals surface area contributed by atoms with Crippen molar-refractivity contribution in [3.05, 3.63) is 46.4 Å². The Kier molecular flexibility index (Phi) is 5.95. The van der Waals surface area contributed by atoms with Gasteiger partial charge >= 0.3 is 0 Å². The Hall–Kier alpha value is -1.63. The number of piperidine rings is 2. The smallest absolute Gasteiger partial charge is 0.273 e. The van der Waals surface area contributed by atoms with Gasteiger partial charge in [0.25, 0.3) is 11.1 Å². The third-order valence-corrected chi connectivity index (χ3v) is 6.52. The molecule has 0 spiro atoms. The number of hydrogen-bond donors (Lipinski definition) is 0. The lowest BCUT2D eigenvalue weighted by Crippen LogP contribution is -2.50. The van der Waals surface area contributed by atoms with Crippen molar-refractivity contribution in [1.82, 2.24) is 14.8 Å². The first-order valence-electron chi connectivity index (χ1n) is 9.54. The van der Waals surface area contributed by atoms with Crippen molar-refractivity contribution in [1.29, 1.82) is 0 Å². The summed E-state index contributed by atoms with van der Waals surface area (Å²) in [6, 6.07) is 7.86. The van der Waals surface area contributed by atoms with Gasteiger partial charge in [-0.05, 0) is 37.8 Å². The number of benzene rings is 1. The molecular weight excluding hydrogens is 382 g/mol. The van der Waals surface area contributed by atoms with E-state index in [1.165, 1.54) is 0 Å². The van der Waals surface area contributed by atoms with Crippen molar-refractivity contribution >= 4 is 28.8 Å². The van der Waals surface area contributed by atoms with Crippen molar-refractivity contribution in [2.24, 2.45) is 0 Å². The lowest BCUT2D eigenvalue weighted by Gasteiger charge is -2.41. The number of carbonyl (C=O) groups excluding carboxylic acids is 1. The summed E-state index contributed by atoms with van der Waals surface area (Å²) in [5, 5.41) is 3.26. The zero-order chi connectivity index (χ0) is 18.6. The van der Waals surface area contributed by atoms with Crippen LogP contribution in [0.15, 0.2) is 35.8 Å². The summed E-state index contributed by atoms with van der Waals surface area (Å²) in [5.41, 5.74) is 0.609. The van der Waals surface area contributed by atoms with Crippen molar-refractivity contribution in [3.63, 3.8) is 0 Å². The third-order valence-electron chi connectivity index (χ3n) is 5.53. The number of halogens is 1. The van der Waals surface area contributed by atoms with E-state index in [4.69, 9.17) is 16.3 Å². The standard InChI is InChI=1S/C20H24ClN3O2S/c21-18-4-2-1-3-17(18)19(25)24-10-5-15(6-11-24)23-12-7-16(8-13-23)26-20-22-9-14-27-20/h1-4,9,14-16H,5-8,10-13H2. The molecule has 2 aliphatic heterocycles. The molecule has 7 heteroatoms. The van der Waals surface area contributed by atoms with Crippen LogP contribution in [0.2, 0.25) is 5.02 Å². The Morgan fingerprint density at radius 3 is 2.52 bits per heavy atom. The summed E-state index contributed by atoms with van der Waals surface area (Å²) >= 11 is 7.74. The summed E-state index contributed by atoms with van der Waals surface area (Å²) in [5.74, 6) is 0.0506. The Balaban J connectivity index is 1.25. The van der Waals surface area contributed by atoms with Crippen molar-refractivity contribution < 1.29 is 9.53 Å². The zero-order valence-electron chi connectivity index (χ0n) is 15.2. The van der Waals surface area contributed by atoms with Gasteiger partial charge in [0, 0.05) is 43.8 Å². The highest BCUT2D eigenvalue weighted by molar-refractivity contribution is 7.11. The predicted molar refractivity (Wildman–Crippen MR) is 108 cm³/mol. The van der Waals surface area contributed by atoms with Crippen molar-refractivity contribution in [2.75, 3.05) is 26.2 Å². The molecule has 0 bridgehead atoms. The Bertz CT molecular complexity index is 754. The van der Waals surface area contributed by atoms with Gasteiger partial charge in [-0.2, -0.15) is 0 Å². The molecule has 0 atom stereocenters. The van der Waals surface area contributed by atoms with E-state index in [2.05, 4.69) is 9.88 Å². The van der Waals surface area contributed by atoms with Gasteiger partial charge < -0.3 is 9.64 Å². The Labute approximate surface area is 168 Å². The molecule has 1 amide bonds. The maximum Gasteiger partial charge on any atom is 0.273 e. The molecule has 1 aromatic carbocycles. The average Bonchev–Trinajstić information content (AvgIpc) is 3.22. The summed E-state index contributed by atoms with van der Waals surface area (Å²) in [6.45, 7) is 3.70. The van der Waals surface area contributed by atoms with E-state index in [0.717, 1.165) is 57.1 Å². The summed E-state index contributed by atoms with van der Waals surface area (Å²) < 4.78 is 5.96. The summed E-state index contributed by atoms with van der Waals surface area (Å²) in [4.78, 5) is 21.4. The van der Waals surface area contributed by atoms with E-state index in [0.29, 0.717) is 16.6 Å². The SMILES string of the molecule is O=C(c1ccccc1Cl)N1CCC(N2CCC(Oc3nccs3)CC2)CC1. The molecule has 0 N–H and O–H groups in total. The number of rotatable bonds is 4. The maximum atomic E-state index is 12.7. The van der Waals surface area contributed by atoms with Crippen LogP contribution in [0.5, 0.6) is 5.19 Å². The maximum absolute atomic E-state index is 12.7. The predicted octanol–water partition coefficient (Wildman–Crippen LogP) is 3.94. The van der Waals surface area contributed by atoms with E-state index >= 15 is 0 Å². The second-order valence-corrected chi connectivity index (χ2v) is 8.42. The lowest BCUT2D eigenvalue weighted by molar-refractivity contribution is 0.0425. The van der Waals surface area contributed by atoms with Crippen LogP contribution in [0.1, 0.15) is 36.0 Å². The topological polar surface area (TPSA) is 45.7 Å². The molecule has 0 aliphatic carbocycles. The summed E-state index contributed by atoms with van der Waals surface area (Å²) in [6.07, 6.45) is 6.18. The molecule has 4 rings (SSSR count). The van der Waals surface area contributed by atoms with Gasteiger partial charge in [-0.3, -0.25) is 9.69 Å². The monoisotopic (exact) mass is 405 g/mol. The third kappa shape index (κ3) is 4.45. The van der Waals surface area contributed by atoms with Gasteiger partial charge in [0.1, 0.15) is 6.10 Å². The van der Waals surface area contributed by atoms with E-state index in [9.17, 15) is 4.79 Å². The van der Waals surface area contributed by atoms with Crippen LogP contribution in [0.3, 0.4) is 0 Å². The number of amides is 1. The number of thiazole rings is 1. The number of aromatic nitrogens is 1. The van der Waals surface area contributed by atoms with Gasteiger partial charge in [-0.1, -0.05) is 35.1 Å². The number of likely N-dealkylation sites (tertiary alicyclic amines) is 2. The van der Waals surface area contributed by atoms with Crippen LogP contribution in [0, 0.1) is 0 Å².